The molecule has 3 aromatic rings. The molecule has 9 heteroatoms. The first-order valence-corrected chi connectivity index (χ1v) is 10.5. The fourth-order valence-electron chi connectivity index (χ4n) is 3.71. The molecule has 0 radical (unpaired) electrons. The minimum absolute atomic E-state index is 0.341. The number of carbonyl (C=O) groups excluding carboxylic acids is 1. The minimum Gasteiger partial charge on any atom is -0.493 e. The second kappa shape index (κ2) is 10.1. The fraction of sp³-hybridized carbons (Fsp3) is 0.304. The van der Waals surface area contributed by atoms with Crippen LogP contribution in [-0.4, -0.2) is 59.8 Å². The van der Waals surface area contributed by atoms with E-state index < -0.39 is 0 Å². The van der Waals surface area contributed by atoms with Gasteiger partial charge in [-0.15, -0.1) is 10.2 Å². The minimum atomic E-state index is 0.341. The molecule has 3 heterocycles. The van der Waals surface area contributed by atoms with Gasteiger partial charge in [-0.3, -0.25) is 9.69 Å². The predicted molar refractivity (Wildman–Crippen MR) is 123 cm³/mol. The number of nitrogens with two attached hydrogens (primary N) is 1. The molecular formula is C23H26N6O3. The van der Waals surface area contributed by atoms with Gasteiger partial charge in [0.1, 0.15) is 12.4 Å². The van der Waals surface area contributed by atoms with E-state index in [4.69, 9.17) is 15.2 Å². The highest BCUT2D eigenvalue weighted by Crippen LogP contribution is 2.34. The largest absolute Gasteiger partial charge is 0.493 e. The molecule has 0 saturated carbocycles. The SMILES string of the molecule is COc1cc(-c2cnc(N)c(-c3ccc(NC=O)nn3)c2)ccc1OCCN1CCCC1. The van der Waals surface area contributed by atoms with Gasteiger partial charge in [-0.25, -0.2) is 4.98 Å². The number of nitrogens with zero attached hydrogens (tertiary/aromatic N) is 4. The zero-order chi connectivity index (χ0) is 22.3. The summed E-state index contributed by atoms with van der Waals surface area (Å²) in [4.78, 5) is 17.3. The van der Waals surface area contributed by atoms with Crippen molar-refractivity contribution in [2.75, 3.05) is 44.4 Å². The zero-order valence-electron chi connectivity index (χ0n) is 18.0. The highest BCUT2D eigenvalue weighted by Gasteiger charge is 2.14. The summed E-state index contributed by atoms with van der Waals surface area (Å²) in [6, 6.07) is 11.1. The molecule has 1 aromatic carbocycles. The van der Waals surface area contributed by atoms with Crippen molar-refractivity contribution in [1.29, 1.82) is 0 Å². The zero-order valence-corrected chi connectivity index (χ0v) is 18.0. The number of likely N-dealkylation sites (tertiary alicyclic amines) is 1. The van der Waals surface area contributed by atoms with Crippen molar-refractivity contribution < 1.29 is 14.3 Å². The molecule has 0 unspecified atom stereocenters. The summed E-state index contributed by atoms with van der Waals surface area (Å²) < 4.78 is 11.5. The Bertz CT molecular complexity index is 1070. The smallest absolute Gasteiger partial charge is 0.212 e. The van der Waals surface area contributed by atoms with E-state index in [0.717, 1.165) is 30.8 Å². The van der Waals surface area contributed by atoms with Gasteiger partial charge in [-0.2, -0.15) is 0 Å². The van der Waals surface area contributed by atoms with Crippen molar-refractivity contribution in [2.45, 2.75) is 12.8 Å². The monoisotopic (exact) mass is 434 g/mol. The third kappa shape index (κ3) is 4.94. The van der Waals surface area contributed by atoms with Crippen molar-refractivity contribution in [3.05, 3.63) is 42.6 Å². The van der Waals surface area contributed by atoms with Gasteiger partial charge in [0.25, 0.3) is 0 Å². The number of pyridine rings is 1. The number of rotatable bonds is 9. The van der Waals surface area contributed by atoms with E-state index in [1.807, 2.05) is 24.3 Å². The summed E-state index contributed by atoms with van der Waals surface area (Å²) in [5, 5.41) is 10.6. The number of nitrogens with one attached hydrogen (secondary N) is 1. The van der Waals surface area contributed by atoms with Gasteiger partial charge in [0, 0.05) is 23.9 Å². The summed E-state index contributed by atoms with van der Waals surface area (Å²) in [5.74, 6) is 2.07. The van der Waals surface area contributed by atoms with Gasteiger partial charge in [-0.1, -0.05) is 6.07 Å². The van der Waals surface area contributed by atoms with Crippen LogP contribution < -0.4 is 20.5 Å². The van der Waals surface area contributed by atoms with Gasteiger partial charge >= 0.3 is 0 Å². The molecule has 166 valence electrons. The van der Waals surface area contributed by atoms with Crippen LogP contribution in [0.4, 0.5) is 11.6 Å². The number of hydrogen-bond acceptors (Lipinski definition) is 8. The summed E-state index contributed by atoms with van der Waals surface area (Å²) in [6.07, 6.45) is 4.78. The van der Waals surface area contributed by atoms with Crippen molar-refractivity contribution in [1.82, 2.24) is 20.1 Å². The Kier molecular flexibility index (Phi) is 6.76. The Morgan fingerprint density at radius 2 is 1.94 bits per heavy atom. The maximum Gasteiger partial charge on any atom is 0.212 e. The van der Waals surface area contributed by atoms with Gasteiger partial charge in [0.2, 0.25) is 6.41 Å². The number of ether oxygens (including phenoxy) is 2. The molecule has 1 fully saturated rings. The van der Waals surface area contributed by atoms with E-state index in [1.54, 1.807) is 25.4 Å². The molecule has 1 saturated heterocycles. The van der Waals surface area contributed by atoms with E-state index in [2.05, 4.69) is 25.4 Å². The lowest BCUT2D eigenvalue weighted by molar-refractivity contribution is -0.105. The molecule has 2 aromatic heterocycles. The van der Waals surface area contributed by atoms with Gasteiger partial charge in [0.05, 0.1) is 12.8 Å². The number of carbonyl (C=O) groups is 1. The lowest BCUT2D eigenvalue weighted by Gasteiger charge is -2.17. The third-order valence-electron chi connectivity index (χ3n) is 5.43. The van der Waals surface area contributed by atoms with Crippen molar-refractivity contribution in [3.63, 3.8) is 0 Å². The number of benzene rings is 1. The van der Waals surface area contributed by atoms with Gasteiger partial charge in [0.15, 0.2) is 17.3 Å². The maximum atomic E-state index is 10.5. The highest BCUT2D eigenvalue weighted by atomic mass is 16.5. The summed E-state index contributed by atoms with van der Waals surface area (Å²) >= 11 is 0. The third-order valence-corrected chi connectivity index (χ3v) is 5.43. The second-order valence-corrected chi connectivity index (χ2v) is 7.49. The Balaban J connectivity index is 1.53. The number of amides is 1. The first kappa shape index (κ1) is 21.5. The van der Waals surface area contributed by atoms with E-state index in [-0.39, 0.29) is 0 Å². The second-order valence-electron chi connectivity index (χ2n) is 7.49. The van der Waals surface area contributed by atoms with Crippen molar-refractivity contribution in [3.8, 4) is 33.9 Å². The number of aromatic nitrogens is 3. The Morgan fingerprint density at radius 3 is 2.66 bits per heavy atom. The van der Waals surface area contributed by atoms with E-state index in [0.29, 0.717) is 47.4 Å². The number of nitrogen functional groups attached to an aromatic ring is 1. The lowest BCUT2D eigenvalue weighted by atomic mass is 10.0. The molecule has 4 rings (SSSR count). The average molecular weight is 435 g/mol. The van der Waals surface area contributed by atoms with E-state index in [9.17, 15) is 4.79 Å². The van der Waals surface area contributed by atoms with Crippen molar-refractivity contribution in [2.24, 2.45) is 0 Å². The topological polar surface area (TPSA) is 115 Å². The first-order chi connectivity index (χ1) is 15.7. The molecule has 1 aliphatic rings. The van der Waals surface area contributed by atoms with Crippen LogP contribution in [0.3, 0.4) is 0 Å². The Hall–Kier alpha value is -3.72. The normalized spacial score (nSPS) is 13.7. The van der Waals surface area contributed by atoms with Crippen LogP contribution in [0, 0.1) is 0 Å². The summed E-state index contributed by atoms with van der Waals surface area (Å²) in [6.45, 7) is 3.83. The maximum absolute atomic E-state index is 10.5. The van der Waals surface area contributed by atoms with Crippen LogP contribution in [0.1, 0.15) is 12.8 Å². The molecule has 0 atom stereocenters. The Labute approximate surface area is 186 Å². The van der Waals surface area contributed by atoms with Gasteiger partial charge in [-0.05, 0) is 61.8 Å². The van der Waals surface area contributed by atoms with Crippen LogP contribution in [0.2, 0.25) is 0 Å². The van der Waals surface area contributed by atoms with E-state index >= 15 is 0 Å². The first-order valence-electron chi connectivity index (χ1n) is 10.5. The number of anilines is 2. The molecule has 3 N–H and O–H groups in total. The van der Waals surface area contributed by atoms with Crippen LogP contribution in [0.25, 0.3) is 22.4 Å². The van der Waals surface area contributed by atoms with Crippen molar-refractivity contribution >= 4 is 18.0 Å². The fourth-order valence-corrected chi connectivity index (χ4v) is 3.71. The van der Waals surface area contributed by atoms with Crippen LogP contribution in [0.15, 0.2) is 42.6 Å². The average Bonchev–Trinajstić information content (AvgIpc) is 3.34. The quantitative estimate of drug-likeness (QED) is 0.494. The molecule has 32 heavy (non-hydrogen) atoms. The molecule has 0 bridgehead atoms. The molecule has 0 spiro atoms. The molecule has 1 aliphatic heterocycles. The number of methoxy groups -OCH3 is 1. The summed E-state index contributed by atoms with van der Waals surface area (Å²) in [5.41, 5.74) is 9.06. The molecular weight excluding hydrogens is 408 g/mol. The molecule has 9 nitrogen and oxygen atoms in total. The lowest BCUT2D eigenvalue weighted by Crippen LogP contribution is -2.25. The molecule has 0 aliphatic carbocycles. The van der Waals surface area contributed by atoms with Crippen LogP contribution in [0.5, 0.6) is 11.5 Å². The summed E-state index contributed by atoms with van der Waals surface area (Å²) in [7, 11) is 1.63. The van der Waals surface area contributed by atoms with E-state index in [1.165, 1.54) is 12.8 Å². The van der Waals surface area contributed by atoms with Crippen LogP contribution >= 0.6 is 0 Å². The van der Waals surface area contributed by atoms with Gasteiger partial charge < -0.3 is 20.5 Å². The molecule has 1 amide bonds. The number of hydrogen-bond donors (Lipinski definition) is 2. The highest BCUT2D eigenvalue weighted by molar-refractivity contribution is 5.78. The predicted octanol–water partition coefficient (Wildman–Crippen LogP) is 2.84. The van der Waals surface area contributed by atoms with Crippen LogP contribution in [-0.2, 0) is 4.79 Å². The Morgan fingerprint density at radius 1 is 1.09 bits per heavy atom. The standard InChI is InChI=1S/C23H26N6O3/c1-31-21-13-16(4-6-20(21)32-11-10-29-8-2-3-9-29)17-12-18(23(24)25-14-17)19-5-7-22(26-15-30)28-27-19/h4-7,12-15H,2-3,8-11H2,1H3,(H2,24,25)(H,26,28,30).